The molecule has 0 saturated carbocycles. The molecule has 5 N–H and O–H groups in total. The van der Waals surface area contributed by atoms with Gasteiger partial charge in [0.2, 0.25) is 11.8 Å². The maximum atomic E-state index is 12.1. The lowest BCUT2D eigenvalue weighted by atomic mass is 10.1. The lowest BCUT2D eigenvalue weighted by Crippen LogP contribution is -2.42. The van der Waals surface area contributed by atoms with E-state index in [2.05, 4.69) is 5.32 Å². The highest BCUT2D eigenvalue weighted by Crippen LogP contribution is 2.20. The molecule has 3 atom stereocenters. The van der Waals surface area contributed by atoms with Crippen molar-refractivity contribution < 1.29 is 14.3 Å². The summed E-state index contributed by atoms with van der Waals surface area (Å²) in [5.41, 5.74) is 11.5. The van der Waals surface area contributed by atoms with Crippen LogP contribution in [-0.2, 0) is 14.3 Å². The number of primary amides is 1. The number of rotatable bonds is 5. The fourth-order valence-electron chi connectivity index (χ4n) is 2.27. The molecule has 1 aliphatic rings. The molecular formula is C14H19N3O3. The van der Waals surface area contributed by atoms with E-state index in [1.165, 1.54) is 0 Å². The quantitative estimate of drug-likeness (QED) is 0.694. The van der Waals surface area contributed by atoms with Gasteiger partial charge in [-0.1, -0.05) is 30.3 Å². The van der Waals surface area contributed by atoms with Crippen LogP contribution in [0.1, 0.15) is 24.4 Å². The van der Waals surface area contributed by atoms with Crippen molar-refractivity contribution in [3.63, 3.8) is 0 Å². The molecule has 1 aromatic carbocycles. The van der Waals surface area contributed by atoms with Gasteiger partial charge in [-0.05, 0) is 18.4 Å². The SMILES string of the molecule is NC[C@H]1CC[C@@H](C(=O)NC(C(N)=O)c2ccccc2)O1. The summed E-state index contributed by atoms with van der Waals surface area (Å²) < 4.78 is 5.50. The second-order valence-electron chi connectivity index (χ2n) is 4.81. The summed E-state index contributed by atoms with van der Waals surface area (Å²) in [5.74, 6) is -0.925. The third kappa shape index (κ3) is 3.34. The lowest BCUT2D eigenvalue weighted by molar-refractivity contribution is -0.135. The van der Waals surface area contributed by atoms with E-state index in [1.54, 1.807) is 24.3 Å². The monoisotopic (exact) mass is 277 g/mol. The van der Waals surface area contributed by atoms with Crippen LogP contribution in [0.5, 0.6) is 0 Å². The van der Waals surface area contributed by atoms with Gasteiger partial charge in [-0.15, -0.1) is 0 Å². The van der Waals surface area contributed by atoms with Crippen molar-refractivity contribution >= 4 is 11.8 Å². The van der Waals surface area contributed by atoms with E-state index in [0.29, 0.717) is 18.5 Å². The normalized spacial score (nSPS) is 23.2. The summed E-state index contributed by atoms with van der Waals surface area (Å²) in [6.45, 7) is 0.391. The summed E-state index contributed by atoms with van der Waals surface area (Å²) in [5, 5.41) is 2.64. The van der Waals surface area contributed by atoms with E-state index in [1.807, 2.05) is 6.07 Å². The Labute approximate surface area is 117 Å². The predicted molar refractivity (Wildman–Crippen MR) is 73.5 cm³/mol. The van der Waals surface area contributed by atoms with Gasteiger partial charge in [-0.25, -0.2) is 0 Å². The molecule has 1 aliphatic heterocycles. The molecule has 1 saturated heterocycles. The van der Waals surface area contributed by atoms with Gasteiger partial charge in [-0.2, -0.15) is 0 Å². The minimum atomic E-state index is -0.843. The number of hydrogen-bond donors (Lipinski definition) is 3. The van der Waals surface area contributed by atoms with Crippen molar-refractivity contribution in [1.82, 2.24) is 5.32 Å². The fraction of sp³-hybridized carbons (Fsp3) is 0.429. The molecule has 20 heavy (non-hydrogen) atoms. The first-order chi connectivity index (χ1) is 9.61. The molecule has 0 aromatic heterocycles. The highest BCUT2D eigenvalue weighted by molar-refractivity contribution is 5.89. The first-order valence-electron chi connectivity index (χ1n) is 6.62. The highest BCUT2D eigenvalue weighted by Gasteiger charge is 2.32. The number of carbonyl (C=O) groups excluding carboxylic acids is 2. The average molecular weight is 277 g/mol. The van der Waals surface area contributed by atoms with E-state index >= 15 is 0 Å². The number of benzene rings is 1. The molecule has 1 unspecified atom stereocenters. The molecule has 6 nitrogen and oxygen atoms in total. The third-order valence-electron chi connectivity index (χ3n) is 3.37. The summed E-state index contributed by atoms with van der Waals surface area (Å²) in [7, 11) is 0. The Balaban J connectivity index is 2.02. The van der Waals surface area contributed by atoms with Crippen LogP contribution in [0.25, 0.3) is 0 Å². The first kappa shape index (κ1) is 14.5. The smallest absolute Gasteiger partial charge is 0.250 e. The second-order valence-corrected chi connectivity index (χ2v) is 4.81. The summed E-state index contributed by atoms with van der Waals surface area (Å²) >= 11 is 0. The van der Waals surface area contributed by atoms with Crippen LogP contribution in [0.3, 0.4) is 0 Å². The lowest BCUT2D eigenvalue weighted by Gasteiger charge is -2.19. The van der Waals surface area contributed by atoms with Crippen molar-refractivity contribution in [2.45, 2.75) is 31.1 Å². The van der Waals surface area contributed by atoms with Gasteiger partial charge in [0.25, 0.3) is 0 Å². The minimum absolute atomic E-state index is 0.0884. The Kier molecular flexibility index (Phi) is 4.70. The Morgan fingerprint density at radius 1 is 1.30 bits per heavy atom. The Bertz CT molecular complexity index is 478. The van der Waals surface area contributed by atoms with Crippen molar-refractivity contribution in [3.05, 3.63) is 35.9 Å². The zero-order valence-electron chi connectivity index (χ0n) is 11.1. The summed E-state index contributed by atoms with van der Waals surface area (Å²) in [6, 6.07) is 8.04. The Hall–Kier alpha value is -1.92. The standard InChI is InChI=1S/C14H19N3O3/c15-8-10-6-7-11(20-10)14(19)17-12(13(16)18)9-4-2-1-3-5-9/h1-5,10-12H,6-8,15H2,(H2,16,18)(H,17,19)/t10-,11+,12?/m1/s1. The predicted octanol–water partition coefficient (Wildman–Crippen LogP) is -0.164. The largest absolute Gasteiger partial charge is 0.368 e. The zero-order chi connectivity index (χ0) is 14.5. The van der Waals surface area contributed by atoms with Crippen LogP contribution in [-0.4, -0.2) is 30.6 Å². The first-order valence-corrected chi connectivity index (χ1v) is 6.62. The molecule has 2 rings (SSSR count). The van der Waals surface area contributed by atoms with Crippen LogP contribution in [0.4, 0.5) is 0 Å². The zero-order valence-corrected chi connectivity index (χ0v) is 11.1. The van der Waals surface area contributed by atoms with Gasteiger partial charge in [0.05, 0.1) is 6.10 Å². The van der Waals surface area contributed by atoms with Crippen LogP contribution >= 0.6 is 0 Å². The van der Waals surface area contributed by atoms with Crippen LogP contribution in [0.15, 0.2) is 30.3 Å². The van der Waals surface area contributed by atoms with Crippen molar-refractivity contribution in [2.75, 3.05) is 6.54 Å². The van der Waals surface area contributed by atoms with E-state index in [0.717, 1.165) is 6.42 Å². The van der Waals surface area contributed by atoms with Gasteiger partial charge in [0.1, 0.15) is 12.1 Å². The molecule has 0 radical (unpaired) electrons. The third-order valence-corrected chi connectivity index (χ3v) is 3.37. The topological polar surface area (TPSA) is 107 Å². The number of hydrogen-bond acceptors (Lipinski definition) is 4. The maximum absolute atomic E-state index is 12.1. The van der Waals surface area contributed by atoms with Crippen molar-refractivity contribution in [1.29, 1.82) is 0 Å². The molecule has 2 amide bonds. The van der Waals surface area contributed by atoms with Gasteiger partial charge in [-0.3, -0.25) is 9.59 Å². The molecule has 0 spiro atoms. The van der Waals surface area contributed by atoms with Crippen LogP contribution in [0.2, 0.25) is 0 Å². The minimum Gasteiger partial charge on any atom is -0.368 e. The molecule has 0 bridgehead atoms. The van der Waals surface area contributed by atoms with E-state index in [-0.39, 0.29) is 12.0 Å². The molecule has 108 valence electrons. The molecular weight excluding hydrogens is 258 g/mol. The Morgan fingerprint density at radius 2 is 2.00 bits per heavy atom. The van der Waals surface area contributed by atoms with Crippen LogP contribution < -0.4 is 16.8 Å². The van der Waals surface area contributed by atoms with E-state index < -0.39 is 18.1 Å². The highest BCUT2D eigenvalue weighted by atomic mass is 16.5. The van der Waals surface area contributed by atoms with Gasteiger partial charge < -0.3 is 21.5 Å². The van der Waals surface area contributed by atoms with E-state index in [4.69, 9.17) is 16.2 Å². The van der Waals surface area contributed by atoms with E-state index in [9.17, 15) is 9.59 Å². The Morgan fingerprint density at radius 3 is 2.55 bits per heavy atom. The van der Waals surface area contributed by atoms with Gasteiger partial charge in [0, 0.05) is 6.54 Å². The van der Waals surface area contributed by atoms with Crippen molar-refractivity contribution in [3.8, 4) is 0 Å². The molecule has 6 heteroatoms. The average Bonchev–Trinajstić information content (AvgIpc) is 2.94. The second kappa shape index (κ2) is 6.49. The van der Waals surface area contributed by atoms with Gasteiger partial charge >= 0.3 is 0 Å². The van der Waals surface area contributed by atoms with Gasteiger partial charge in [0.15, 0.2) is 0 Å². The number of ether oxygens (including phenoxy) is 1. The molecule has 1 fully saturated rings. The molecule has 0 aliphatic carbocycles. The number of nitrogens with two attached hydrogens (primary N) is 2. The molecule has 1 aromatic rings. The number of nitrogens with one attached hydrogen (secondary N) is 1. The number of carbonyl (C=O) groups is 2. The fourth-order valence-corrected chi connectivity index (χ4v) is 2.27. The summed E-state index contributed by atoms with van der Waals surface area (Å²) in [4.78, 5) is 23.6. The maximum Gasteiger partial charge on any atom is 0.250 e. The van der Waals surface area contributed by atoms with Crippen molar-refractivity contribution in [2.24, 2.45) is 11.5 Å². The number of amides is 2. The summed E-state index contributed by atoms with van der Waals surface area (Å²) in [6.07, 6.45) is 0.707. The van der Waals surface area contributed by atoms with Crippen LogP contribution in [0, 0.1) is 0 Å². The molecule has 1 heterocycles.